The molecular weight excluding hydrogens is 596 g/mol. The first kappa shape index (κ1) is 29.3. The zero-order valence-electron chi connectivity index (χ0n) is 25.4. The van der Waals surface area contributed by atoms with E-state index in [0.717, 1.165) is 63.6 Å². The second-order valence-electron chi connectivity index (χ2n) is 13.3. The number of halogens is 2. The molecule has 8 rings (SSSR count). The molecular formula is C33H39F2N7O2S. The van der Waals surface area contributed by atoms with E-state index in [-0.39, 0.29) is 28.3 Å². The first-order valence-corrected chi connectivity index (χ1v) is 17.4. The van der Waals surface area contributed by atoms with Gasteiger partial charge in [0, 0.05) is 37.0 Å². The second kappa shape index (κ2) is 11.6. The smallest absolute Gasteiger partial charge is 0.319 e. The first-order chi connectivity index (χ1) is 21.9. The van der Waals surface area contributed by atoms with Gasteiger partial charge in [-0.2, -0.15) is 9.97 Å². The Morgan fingerprint density at radius 1 is 1.09 bits per heavy atom. The quantitative estimate of drug-likeness (QED) is 0.400. The van der Waals surface area contributed by atoms with Gasteiger partial charge in [-0.1, -0.05) is 30.4 Å². The van der Waals surface area contributed by atoms with Gasteiger partial charge in [0.1, 0.15) is 29.8 Å². The van der Waals surface area contributed by atoms with E-state index in [1.807, 2.05) is 24.3 Å². The summed E-state index contributed by atoms with van der Waals surface area (Å²) in [4.78, 5) is 18.8. The number of fused-ring (bicyclic) bond motifs is 3. The number of piperidine rings is 1. The normalized spacial score (nSPS) is 27.9. The monoisotopic (exact) mass is 635 g/mol. The number of hydrogen-bond acceptors (Lipinski definition) is 7. The largest absolute Gasteiger partial charge is 0.461 e. The Morgan fingerprint density at radius 3 is 2.78 bits per heavy atom. The number of benzene rings is 1. The highest BCUT2D eigenvalue weighted by molar-refractivity contribution is 7.81. The minimum atomic E-state index is -1.32. The molecule has 3 atom stereocenters. The summed E-state index contributed by atoms with van der Waals surface area (Å²) in [6.45, 7) is 4.52. The molecule has 1 aromatic carbocycles. The van der Waals surface area contributed by atoms with Gasteiger partial charge in [0.05, 0.1) is 16.5 Å². The molecule has 238 valence electrons. The molecule has 3 unspecified atom stereocenters. The third-order valence-electron chi connectivity index (χ3n) is 10.5. The maximum atomic E-state index is 16.8. The van der Waals surface area contributed by atoms with Crippen LogP contribution in [-0.2, 0) is 11.2 Å². The predicted molar refractivity (Wildman–Crippen MR) is 171 cm³/mol. The molecule has 9 nitrogen and oxygen atoms in total. The van der Waals surface area contributed by atoms with Gasteiger partial charge in [-0.25, -0.2) is 22.4 Å². The van der Waals surface area contributed by atoms with Crippen LogP contribution in [0.3, 0.4) is 0 Å². The molecule has 6 heterocycles. The number of allylic oxidation sites excluding steroid dienone is 1. The molecule has 1 spiro atoms. The summed E-state index contributed by atoms with van der Waals surface area (Å²) < 4.78 is 57.3. The number of nitrogens with one attached hydrogen (secondary N) is 2. The fourth-order valence-corrected chi connectivity index (χ4v) is 9.34. The van der Waals surface area contributed by atoms with Gasteiger partial charge in [0.15, 0.2) is 17.0 Å². The molecule has 12 heteroatoms. The van der Waals surface area contributed by atoms with Crippen molar-refractivity contribution in [2.45, 2.75) is 75.0 Å². The van der Waals surface area contributed by atoms with Gasteiger partial charge in [-0.15, -0.1) is 0 Å². The highest BCUT2D eigenvalue weighted by atomic mass is 32.2. The number of hydrogen-bond donors (Lipinski definition) is 2. The number of alkyl halides is 1. The van der Waals surface area contributed by atoms with Crippen LogP contribution in [0.2, 0.25) is 0 Å². The minimum absolute atomic E-state index is 0.0238. The van der Waals surface area contributed by atoms with Crippen LogP contribution in [-0.4, -0.2) is 74.5 Å². The van der Waals surface area contributed by atoms with Crippen LogP contribution in [0.1, 0.15) is 75.1 Å². The fourth-order valence-electron chi connectivity index (χ4n) is 8.32. The Morgan fingerprint density at radius 2 is 1.93 bits per heavy atom. The van der Waals surface area contributed by atoms with Crippen LogP contribution >= 0.6 is 0 Å². The average molecular weight is 636 g/mol. The SMILES string of the molecule is O=S1NCCC2(CCCN(c3nc(OCC45CCCN4CCC5)nc4c(F)c(-c5cccc6c5C(F)CCC=C6)ncc34)C2)N1. The zero-order chi connectivity index (χ0) is 30.6. The van der Waals surface area contributed by atoms with Crippen molar-refractivity contribution in [1.29, 1.82) is 0 Å². The van der Waals surface area contributed by atoms with Crippen molar-refractivity contribution in [2.75, 3.05) is 44.2 Å². The lowest BCUT2D eigenvalue weighted by atomic mass is 9.86. The number of anilines is 1. The summed E-state index contributed by atoms with van der Waals surface area (Å²) in [6.07, 6.45) is 12.2. The third-order valence-corrected chi connectivity index (χ3v) is 11.6. The van der Waals surface area contributed by atoms with E-state index in [2.05, 4.69) is 29.2 Å². The molecule has 2 N–H and O–H groups in total. The number of aromatic nitrogens is 3. The summed E-state index contributed by atoms with van der Waals surface area (Å²) in [5.74, 6) is -0.0484. The molecule has 45 heavy (non-hydrogen) atoms. The lowest BCUT2D eigenvalue weighted by Crippen LogP contribution is -2.63. The molecule has 4 aliphatic heterocycles. The van der Waals surface area contributed by atoms with E-state index in [1.165, 1.54) is 0 Å². The van der Waals surface area contributed by atoms with Gasteiger partial charge in [-0.3, -0.25) is 9.88 Å². The van der Waals surface area contributed by atoms with Crippen LogP contribution in [0.5, 0.6) is 6.01 Å². The summed E-state index contributed by atoms with van der Waals surface area (Å²) in [5.41, 5.74) is 1.47. The van der Waals surface area contributed by atoms with Gasteiger partial charge in [-0.05, 0) is 76.4 Å². The zero-order valence-corrected chi connectivity index (χ0v) is 26.2. The highest BCUT2D eigenvalue weighted by Crippen LogP contribution is 2.42. The average Bonchev–Trinajstić information content (AvgIpc) is 3.56. The summed E-state index contributed by atoms with van der Waals surface area (Å²) in [7, 11) is 0. The van der Waals surface area contributed by atoms with Crippen LogP contribution in [0.25, 0.3) is 28.2 Å². The minimum Gasteiger partial charge on any atom is -0.461 e. The van der Waals surface area contributed by atoms with E-state index >= 15 is 8.78 Å². The maximum absolute atomic E-state index is 16.8. The molecule has 5 aliphatic rings. The Labute approximate surface area is 264 Å². The van der Waals surface area contributed by atoms with Crippen LogP contribution < -0.4 is 19.1 Å². The number of ether oxygens (including phenoxy) is 1. The van der Waals surface area contributed by atoms with Crippen molar-refractivity contribution in [1.82, 2.24) is 29.3 Å². The van der Waals surface area contributed by atoms with Gasteiger partial charge < -0.3 is 9.64 Å². The van der Waals surface area contributed by atoms with E-state index in [4.69, 9.17) is 9.72 Å². The van der Waals surface area contributed by atoms with Gasteiger partial charge in [0.25, 0.3) is 0 Å². The standard InChI is InChI=1S/C33H39F2N7O2S/c34-25-10-2-1-7-22-8-3-9-23(26(22)25)28-27(35)29-24(19-36-28)30(41-16-4-11-32(20-41)14-15-37-45(43)40-32)39-31(38-29)44-21-33-12-5-17-42(33)18-6-13-33/h1,3,7-9,19,25,37,40H,2,4-6,10-18,20-21H2. The molecule has 0 amide bonds. The molecule has 4 fully saturated rings. The van der Waals surface area contributed by atoms with Crippen molar-refractivity contribution in [3.63, 3.8) is 0 Å². The summed E-state index contributed by atoms with van der Waals surface area (Å²) >= 11 is -1.32. The molecule has 0 radical (unpaired) electrons. The van der Waals surface area contributed by atoms with Crippen molar-refractivity contribution >= 4 is 34.0 Å². The number of rotatable bonds is 5. The van der Waals surface area contributed by atoms with Crippen molar-refractivity contribution in [2.24, 2.45) is 0 Å². The molecule has 2 aromatic heterocycles. The Hall–Kier alpha value is -3.06. The molecule has 0 saturated carbocycles. The predicted octanol–water partition coefficient (Wildman–Crippen LogP) is 5.16. The van der Waals surface area contributed by atoms with Crippen LogP contribution in [0.15, 0.2) is 30.5 Å². The Kier molecular flexibility index (Phi) is 7.58. The second-order valence-corrected chi connectivity index (χ2v) is 14.3. The highest BCUT2D eigenvalue weighted by Gasteiger charge is 2.45. The number of nitrogens with zero attached hydrogens (tertiary/aromatic N) is 5. The lowest BCUT2D eigenvalue weighted by molar-refractivity contribution is 0.108. The lowest BCUT2D eigenvalue weighted by Gasteiger charge is -2.45. The Balaban J connectivity index is 1.23. The molecule has 0 bridgehead atoms. The van der Waals surface area contributed by atoms with E-state index in [0.29, 0.717) is 61.4 Å². The first-order valence-electron chi connectivity index (χ1n) is 16.3. The molecule has 3 aromatic rings. The van der Waals surface area contributed by atoms with Gasteiger partial charge in [0.2, 0.25) is 0 Å². The Bertz CT molecular complexity index is 1670. The van der Waals surface area contributed by atoms with Crippen molar-refractivity contribution < 1.29 is 17.7 Å². The van der Waals surface area contributed by atoms with Gasteiger partial charge >= 0.3 is 6.01 Å². The van der Waals surface area contributed by atoms with E-state index in [1.54, 1.807) is 12.3 Å². The summed E-state index contributed by atoms with van der Waals surface area (Å²) in [6, 6.07) is 5.56. The third kappa shape index (κ3) is 5.23. The maximum Gasteiger partial charge on any atom is 0.319 e. The van der Waals surface area contributed by atoms with Crippen molar-refractivity contribution in [3.05, 3.63) is 47.4 Å². The molecule has 1 aliphatic carbocycles. The van der Waals surface area contributed by atoms with Crippen LogP contribution in [0, 0.1) is 5.82 Å². The van der Waals surface area contributed by atoms with E-state index in [9.17, 15) is 4.21 Å². The summed E-state index contributed by atoms with van der Waals surface area (Å²) in [5, 5.41) is 0.482. The number of pyridine rings is 1. The van der Waals surface area contributed by atoms with Crippen LogP contribution in [0.4, 0.5) is 14.6 Å². The molecule has 4 saturated heterocycles. The fraction of sp³-hybridized carbons (Fsp3) is 0.545. The van der Waals surface area contributed by atoms with E-state index < -0.39 is 23.2 Å². The topological polar surface area (TPSA) is 95.5 Å². The van der Waals surface area contributed by atoms with Crippen molar-refractivity contribution in [3.8, 4) is 17.3 Å².